The molecule has 1 aromatic rings. The second kappa shape index (κ2) is 6.67. The van der Waals surface area contributed by atoms with Crippen molar-refractivity contribution in [3.8, 4) is 5.75 Å². The molecule has 0 unspecified atom stereocenters. The fraction of sp³-hybridized carbons (Fsp3) is 0.526. The lowest BCUT2D eigenvalue weighted by Gasteiger charge is -2.38. The van der Waals surface area contributed by atoms with Crippen molar-refractivity contribution in [1.82, 2.24) is 0 Å². The number of methoxy groups -OCH3 is 1. The number of anilines is 1. The van der Waals surface area contributed by atoms with Gasteiger partial charge in [-0.2, -0.15) is 0 Å². The van der Waals surface area contributed by atoms with Gasteiger partial charge in [-0.25, -0.2) is 4.39 Å². The molecule has 0 amide bonds. The van der Waals surface area contributed by atoms with Crippen molar-refractivity contribution in [3.05, 3.63) is 35.3 Å². The van der Waals surface area contributed by atoms with Crippen LogP contribution >= 0.6 is 0 Å². The fourth-order valence-corrected chi connectivity index (χ4v) is 3.81. The van der Waals surface area contributed by atoms with E-state index >= 15 is 0 Å². The third-order valence-electron chi connectivity index (χ3n) is 5.39. The number of rotatable bonds is 5. The minimum Gasteiger partial charge on any atom is -0.494 e. The zero-order chi connectivity index (χ0) is 18.2. The molecule has 3 rings (SSSR count). The molecule has 3 atom stereocenters. The largest absolute Gasteiger partial charge is 0.494 e. The van der Waals surface area contributed by atoms with Crippen LogP contribution in [0.15, 0.2) is 24.0 Å². The molecule has 136 valence electrons. The van der Waals surface area contributed by atoms with E-state index in [1.54, 1.807) is 12.1 Å². The summed E-state index contributed by atoms with van der Waals surface area (Å²) in [7, 11) is 1.46. The van der Waals surface area contributed by atoms with E-state index in [-0.39, 0.29) is 30.2 Å². The third-order valence-corrected chi connectivity index (χ3v) is 5.39. The summed E-state index contributed by atoms with van der Waals surface area (Å²) >= 11 is 0. The summed E-state index contributed by atoms with van der Waals surface area (Å²) in [6.07, 6.45) is 3.28. The van der Waals surface area contributed by atoms with Crippen LogP contribution in [0.2, 0.25) is 0 Å². The molecule has 25 heavy (non-hydrogen) atoms. The molecule has 1 fully saturated rings. The Bertz CT molecular complexity index is 718. The second-order valence-electron chi connectivity index (χ2n) is 6.81. The van der Waals surface area contributed by atoms with Gasteiger partial charge in [0.15, 0.2) is 12.6 Å². The Hall–Kier alpha value is -2.08. The Morgan fingerprint density at radius 3 is 2.92 bits per heavy atom. The molecule has 0 saturated carbocycles. The van der Waals surface area contributed by atoms with Crippen LogP contribution in [-0.4, -0.2) is 25.3 Å². The number of hydrogen-bond donors (Lipinski definition) is 1. The maximum Gasteiger partial charge on any atom is 0.189 e. The van der Waals surface area contributed by atoms with Crippen LogP contribution in [0.5, 0.6) is 5.75 Å². The topological polar surface area (TPSA) is 70.8 Å². The van der Waals surface area contributed by atoms with Gasteiger partial charge < -0.3 is 19.9 Å². The smallest absolute Gasteiger partial charge is 0.189 e. The van der Waals surface area contributed by atoms with Gasteiger partial charge in [-0.3, -0.25) is 4.79 Å². The van der Waals surface area contributed by atoms with Gasteiger partial charge in [0.05, 0.1) is 12.8 Å². The minimum atomic E-state index is -0.685. The average molecular weight is 349 g/mol. The van der Waals surface area contributed by atoms with Crippen LogP contribution in [0.3, 0.4) is 0 Å². The molecule has 1 heterocycles. The first kappa shape index (κ1) is 17.7. The molecule has 5 nitrogen and oxygen atoms in total. The lowest BCUT2D eigenvalue weighted by Crippen LogP contribution is -2.44. The summed E-state index contributed by atoms with van der Waals surface area (Å²) in [4.78, 5) is 12.2. The summed E-state index contributed by atoms with van der Waals surface area (Å²) < 4.78 is 31.0. The molecule has 0 spiro atoms. The molecule has 1 aliphatic heterocycles. The van der Waals surface area contributed by atoms with Gasteiger partial charge in [0.1, 0.15) is 22.9 Å². The molecular weight excluding hydrogens is 325 g/mol. The zero-order valence-corrected chi connectivity index (χ0v) is 14.8. The van der Waals surface area contributed by atoms with E-state index in [2.05, 4.69) is 0 Å². The number of hydrogen-bond acceptors (Lipinski definition) is 5. The number of halogens is 1. The number of benzene rings is 1. The first-order chi connectivity index (χ1) is 11.9. The Kier molecular flexibility index (Phi) is 4.73. The Balaban J connectivity index is 1.90. The monoisotopic (exact) mass is 349 g/mol. The molecule has 2 N–H and O–H groups in total. The molecular formula is C19H24FNO4. The highest BCUT2D eigenvalue weighted by Crippen LogP contribution is 2.46. The number of ketones is 1. The SMILES string of the molecule is CC[C@H]1C[C@]2([C@@H](C)Cc3cc(N)c(OC)cc3F)OCOC2=CC1=O. The van der Waals surface area contributed by atoms with Crippen LogP contribution in [-0.2, 0) is 20.7 Å². The van der Waals surface area contributed by atoms with Crippen molar-refractivity contribution in [2.24, 2.45) is 11.8 Å². The molecule has 6 heteroatoms. The summed E-state index contributed by atoms with van der Waals surface area (Å²) in [5.74, 6) is 0.423. The van der Waals surface area contributed by atoms with Gasteiger partial charge in [-0.15, -0.1) is 0 Å². The lowest BCUT2D eigenvalue weighted by atomic mass is 9.71. The van der Waals surface area contributed by atoms with E-state index in [0.29, 0.717) is 35.6 Å². The van der Waals surface area contributed by atoms with E-state index in [4.69, 9.17) is 19.9 Å². The van der Waals surface area contributed by atoms with E-state index in [9.17, 15) is 9.18 Å². The highest BCUT2D eigenvalue weighted by atomic mass is 19.1. The minimum absolute atomic E-state index is 0.0747. The van der Waals surface area contributed by atoms with E-state index in [0.717, 1.165) is 6.42 Å². The van der Waals surface area contributed by atoms with E-state index in [1.165, 1.54) is 13.2 Å². The van der Waals surface area contributed by atoms with Crippen LogP contribution in [0.25, 0.3) is 0 Å². The van der Waals surface area contributed by atoms with E-state index < -0.39 is 5.60 Å². The Morgan fingerprint density at radius 2 is 2.24 bits per heavy atom. The van der Waals surface area contributed by atoms with Crippen molar-refractivity contribution in [2.45, 2.75) is 38.7 Å². The fourth-order valence-electron chi connectivity index (χ4n) is 3.81. The van der Waals surface area contributed by atoms with Crippen LogP contribution in [0.1, 0.15) is 32.3 Å². The maximum absolute atomic E-state index is 14.4. The van der Waals surface area contributed by atoms with Crippen LogP contribution in [0.4, 0.5) is 10.1 Å². The molecule has 0 radical (unpaired) electrons. The van der Waals surface area contributed by atoms with Crippen LogP contribution in [0, 0.1) is 17.7 Å². The standard InChI is InChI=1S/C19H24FNO4/c1-4-12-9-19(18(8-16(12)22)24-10-25-19)11(2)5-13-6-15(21)17(23-3)7-14(13)20/h6-8,11-12H,4-5,9-10,21H2,1-3H3/t11-,12-,19+/m0/s1. The molecule has 1 aromatic carbocycles. The number of fused-ring (bicyclic) bond motifs is 1. The Morgan fingerprint density at radius 1 is 1.48 bits per heavy atom. The number of ether oxygens (including phenoxy) is 3. The van der Waals surface area contributed by atoms with Crippen molar-refractivity contribution in [1.29, 1.82) is 0 Å². The summed E-state index contributed by atoms with van der Waals surface area (Å²) in [6, 6.07) is 2.91. The van der Waals surface area contributed by atoms with Crippen molar-refractivity contribution in [2.75, 3.05) is 19.6 Å². The number of nitrogens with two attached hydrogens (primary N) is 1. The molecule has 1 saturated heterocycles. The summed E-state index contributed by atoms with van der Waals surface area (Å²) in [6.45, 7) is 4.09. The van der Waals surface area contributed by atoms with Gasteiger partial charge in [0, 0.05) is 18.1 Å². The van der Waals surface area contributed by atoms with Crippen molar-refractivity contribution in [3.63, 3.8) is 0 Å². The van der Waals surface area contributed by atoms with Gasteiger partial charge in [0.25, 0.3) is 0 Å². The lowest BCUT2D eigenvalue weighted by molar-refractivity contribution is -0.123. The van der Waals surface area contributed by atoms with Gasteiger partial charge >= 0.3 is 0 Å². The molecule has 0 aromatic heterocycles. The normalized spacial score (nSPS) is 26.6. The number of carbonyl (C=O) groups is 1. The van der Waals surface area contributed by atoms with Gasteiger partial charge in [-0.1, -0.05) is 13.8 Å². The third kappa shape index (κ3) is 2.99. The van der Waals surface area contributed by atoms with Crippen molar-refractivity contribution >= 4 is 11.5 Å². The molecule has 2 aliphatic rings. The molecule has 0 bridgehead atoms. The Labute approximate surface area is 146 Å². The van der Waals surface area contributed by atoms with Gasteiger partial charge in [0.2, 0.25) is 0 Å². The van der Waals surface area contributed by atoms with E-state index in [1.807, 2.05) is 13.8 Å². The number of nitrogen functional groups attached to an aromatic ring is 1. The summed E-state index contributed by atoms with van der Waals surface area (Å²) in [5.41, 5.74) is 6.13. The first-order valence-corrected chi connectivity index (χ1v) is 8.56. The highest BCUT2D eigenvalue weighted by molar-refractivity contribution is 5.93. The quantitative estimate of drug-likeness (QED) is 0.827. The number of allylic oxidation sites excluding steroid dienone is 1. The second-order valence-corrected chi connectivity index (χ2v) is 6.81. The number of carbonyl (C=O) groups excluding carboxylic acids is 1. The van der Waals surface area contributed by atoms with Gasteiger partial charge in [-0.05, 0) is 36.8 Å². The van der Waals surface area contributed by atoms with Crippen LogP contribution < -0.4 is 10.5 Å². The molecule has 1 aliphatic carbocycles. The summed E-state index contributed by atoms with van der Waals surface area (Å²) in [5, 5.41) is 0. The average Bonchev–Trinajstić information content (AvgIpc) is 3.00. The van der Waals surface area contributed by atoms with Crippen molar-refractivity contribution < 1.29 is 23.4 Å². The first-order valence-electron chi connectivity index (χ1n) is 8.56. The predicted octanol–water partition coefficient (Wildman–Crippen LogP) is 3.22. The zero-order valence-electron chi connectivity index (χ0n) is 14.8. The maximum atomic E-state index is 14.4. The predicted molar refractivity (Wildman–Crippen MR) is 91.5 cm³/mol. The highest BCUT2D eigenvalue weighted by Gasteiger charge is 2.51.